The van der Waals surface area contributed by atoms with Crippen molar-refractivity contribution in [3.63, 3.8) is 0 Å². The Bertz CT molecular complexity index is 2130. The van der Waals surface area contributed by atoms with Gasteiger partial charge in [-0.05, 0) is 59.5 Å². The molecule has 6 nitrogen and oxygen atoms in total. The Morgan fingerprint density at radius 1 is 0.791 bits per heavy atom. The molecule has 0 amide bonds. The molecule has 1 aromatic heterocycles. The highest BCUT2D eigenvalue weighted by molar-refractivity contribution is 6.24. The number of alkyl halides is 3. The predicted octanol–water partition coefficient (Wildman–Crippen LogP) is 8.20. The van der Waals surface area contributed by atoms with Crippen LogP contribution >= 0.6 is 0 Å². The van der Waals surface area contributed by atoms with Gasteiger partial charge in [0.1, 0.15) is 23.7 Å². The molecule has 0 spiro atoms. The SMILES string of the molecule is [C-]#[N+]C=[N+]1c2ccc(-c3ccc(C)cc3)cc2-c2nc3c(nc21)-c1cc(-c2ccc(C(F)(F)F)cc2)ccc1C3=NC#N. The van der Waals surface area contributed by atoms with Gasteiger partial charge in [0.2, 0.25) is 11.9 Å². The van der Waals surface area contributed by atoms with Crippen LogP contribution < -0.4 is 4.58 Å². The second kappa shape index (κ2) is 9.57. The van der Waals surface area contributed by atoms with Crippen LogP contribution in [0.15, 0.2) is 89.9 Å². The summed E-state index contributed by atoms with van der Waals surface area (Å²) in [4.78, 5) is 17.5. The molecule has 204 valence electrons. The first-order valence-electron chi connectivity index (χ1n) is 13.2. The highest BCUT2D eigenvalue weighted by atomic mass is 19.4. The molecule has 0 unspecified atom stereocenters. The largest absolute Gasteiger partial charge is 0.416 e. The van der Waals surface area contributed by atoms with Gasteiger partial charge in [0, 0.05) is 17.2 Å². The third-order valence-corrected chi connectivity index (χ3v) is 7.64. The fourth-order valence-corrected chi connectivity index (χ4v) is 5.55. The van der Waals surface area contributed by atoms with Crippen LogP contribution in [0, 0.1) is 25.0 Å². The van der Waals surface area contributed by atoms with Crippen molar-refractivity contribution in [2.45, 2.75) is 13.1 Å². The average Bonchev–Trinajstić information content (AvgIpc) is 3.47. The molecule has 0 atom stereocenters. The standard InChI is InChI=1S/C34H18F3N6/c1-19-3-5-20(6-4-19)23-10-14-28-27(16-23)31-33(43(28)18-39-2)42-30-26-15-22(21-7-11-24(12-8-21)34(35,36)37)9-13-25(26)29(40-17-38)32(30)41-31/h3-16,18H,1H3/q+1. The van der Waals surface area contributed by atoms with E-state index in [1.165, 1.54) is 18.5 Å². The molecule has 0 radical (unpaired) electrons. The lowest BCUT2D eigenvalue weighted by Crippen LogP contribution is -2.05. The smallest absolute Gasteiger partial charge is 0.235 e. The van der Waals surface area contributed by atoms with E-state index in [0.29, 0.717) is 50.9 Å². The molecule has 1 aliphatic heterocycles. The lowest BCUT2D eigenvalue weighted by Gasteiger charge is -2.09. The molecule has 0 N–H and O–H groups in total. The van der Waals surface area contributed by atoms with Gasteiger partial charge >= 0.3 is 18.3 Å². The minimum Gasteiger partial charge on any atom is -0.235 e. The van der Waals surface area contributed by atoms with Gasteiger partial charge < -0.3 is 0 Å². The molecule has 2 heterocycles. The second-order valence-corrected chi connectivity index (χ2v) is 10.2. The molecule has 7 rings (SSSR count). The number of fused-ring (bicyclic) bond motifs is 6. The van der Waals surface area contributed by atoms with E-state index in [1.54, 1.807) is 16.7 Å². The Hall–Kier alpha value is -5.93. The van der Waals surface area contributed by atoms with Gasteiger partial charge in [0.05, 0.1) is 11.1 Å². The number of rotatable bonds is 2. The molecule has 9 heteroatoms. The maximum atomic E-state index is 13.1. The molecule has 4 aromatic carbocycles. The zero-order chi connectivity index (χ0) is 29.9. The van der Waals surface area contributed by atoms with Gasteiger partial charge in [0.25, 0.3) is 0 Å². The number of nitrogens with zero attached hydrogens (tertiary/aromatic N) is 6. The quantitative estimate of drug-likeness (QED) is 0.0915. The number of nitriles is 1. The zero-order valence-corrected chi connectivity index (χ0v) is 22.5. The fourth-order valence-electron chi connectivity index (χ4n) is 5.55. The topological polar surface area (TPSA) is 69.3 Å². The molecule has 2 aliphatic rings. The molecule has 0 bridgehead atoms. The summed E-state index contributed by atoms with van der Waals surface area (Å²) >= 11 is 0. The Morgan fingerprint density at radius 2 is 1.42 bits per heavy atom. The summed E-state index contributed by atoms with van der Waals surface area (Å²) in [5.74, 6) is 0.467. The van der Waals surface area contributed by atoms with Crippen LogP contribution in [0.4, 0.5) is 24.7 Å². The summed E-state index contributed by atoms with van der Waals surface area (Å²) in [5.41, 5.74) is 8.38. The highest BCUT2D eigenvalue weighted by Crippen LogP contribution is 2.48. The van der Waals surface area contributed by atoms with E-state index >= 15 is 0 Å². The van der Waals surface area contributed by atoms with Gasteiger partial charge in [-0.3, -0.25) is 0 Å². The lowest BCUT2D eigenvalue weighted by atomic mass is 9.99. The number of aryl methyl sites for hydroxylation is 1. The monoisotopic (exact) mass is 567 g/mol. The molecule has 43 heavy (non-hydrogen) atoms. The van der Waals surface area contributed by atoms with E-state index in [9.17, 15) is 18.4 Å². The maximum absolute atomic E-state index is 13.1. The van der Waals surface area contributed by atoms with Gasteiger partial charge in [-0.2, -0.15) is 37.8 Å². The number of aromatic nitrogens is 2. The van der Waals surface area contributed by atoms with E-state index < -0.39 is 11.7 Å². The first-order chi connectivity index (χ1) is 20.8. The number of hydrogen-bond acceptors (Lipinski definition) is 4. The molecule has 5 aromatic rings. The number of aliphatic imine (C=N–C) groups is 1. The third kappa shape index (κ3) is 4.18. The summed E-state index contributed by atoms with van der Waals surface area (Å²) in [6.45, 7) is 9.56. The van der Waals surface area contributed by atoms with Crippen LogP contribution in [-0.2, 0) is 6.18 Å². The van der Waals surface area contributed by atoms with E-state index in [2.05, 4.69) is 9.84 Å². The maximum Gasteiger partial charge on any atom is 0.416 e. The van der Waals surface area contributed by atoms with Crippen molar-refractivity contribution < 1.29 is 13.2 Å². The van der Waals surface area contributed by atoms with E-state index in [1.807, 2.05) is 61.6 Å². The number of hydrogen-bond donors (Lipinski definition) is 0. The third-order valence-electron chi connectivity index (χ3n) is 7.64. The van der Waals surface area contributed by atoms with Crippen LogP contribution in [0.5, 0.6) is 0 Å². The Morgan fingerprint density at radius 3 is 2.07 bits per heavy atom. The van der Waals surface area contributed by atoms with Crippen LogP contribution in [0.25, 0.3) is 49.6 Å². The minimum atomic E-state index is -4.43. The van der Waals surface area contributed by atoms with Crippen molar-refractivity contribution in [2.75, 3.05) is 0 Å². The Balaban J connectivity index is 1.39. The number of benzene rings is 4. The van der Waals surface area contributed by atoms with E-state index in [-0.39, 0.29) is 0 Å². The van der Waals surface area contributed by atoms with Crippen LogP contribution in [0.3, 0.4) is 0 Å². The first-order valence-corrected chi connectivity index (χ1v) is 13.2. The van der Waals surface area contributed by atoms with Gasteiger partial charge in [-0.15, -0.1) is 0 Å². The molecule has 0 saturated carbocycles. The summed E-state index contributed by atoms with van der Waals surface area (Å²) in [5, 5.41) is 9.52. The fraction of sp³-hybridized carbons (Fsp3) is 0.0588. The minimum absolute atomic E-state index is 0.366. The lowest BCUT2D eigenvalue weighted by molar-refractivity contribution is -0.137. The predicted molar refractivity (Wildman–Crippen MR) is 159 cm³/mol. The second-order valence-electron chi connectivity index (χ2n) is 10.2. The number of halogens is 3. The molecule has 1 aliphatic carbocycles. The summed E-state index contributed by atoms with van der Waals surface area (Å²) < 4.78 is 41.1. The molecular weight excluding hydrogens is 549 g/mol. The normalized spacial score (nSPS) is 14.6. The Kier molecular flexibility index (Phi) is 5.79. The van der Waals surface area contributed by atoms with E-state index in [4.69, 9.17) is 16.5 Å². The van der Waals surface area contributed by atoms with Crippen molar-refractivity contribution in [2.24, 2.45) is 4.99 Å². The van der Waals surface area contributed by atoms with Crippen molar-refractivity contribution in [1.29, 1.82) is 5.26 Å². The first kappa shape index (κ1) is 26.0. The zero-order valence-electron chi connectivity index (χ0n) is 22.5. The summed E-state index contributed by atoms with van der Waals surface area (Å²) in [6.07, 6.45) is -1.21. The summed E-state index contributed by atoms with van der Waals surface area (Å²) in [6, 6.07) is 24.4. The van der Waals surface area contributed by atoms with Gasteiger partial charge in [-0.1, -0.05) is 54.1 Å². The van der Waals surface area contributed by atoms with Gasteiger partial charge in [0.15, 0.2) is 5.69 Å². The highest BCUT2D eigenvalue weighted by Gasteiger charge is 2.39. The van der Waals surface area contributed by atoms with Crippen molar-refractivity contribution in [1.82, 2.24) is 14.5 Å². The van der Waals surface area contributed by atoms with Crippen molar-refractivity contribution in [3.8, 4) is 51.0 Å². The van der Waals surface area contributed by atoms with Gasteiger partial charge in [-0.25, -0.2) is 4.98 Å². The average molecular weight is 568 g/mol. The van der Waals surface area contributed by atoms with Crippen molar-refractivity contribution >= 4 is 23.6 Å². The molecular formula is C34H18F3N6+. The summed E-state index contributed by atoms with van der Waals surface area (Å²) in [7, 11) is 0. The van der Waals surface area contributed by atoms with Crippen LogP contribution in [0.1, 0.15) is 22.4 Å². The van der Waals surface area contributed by atoms with Crippen molar-refractivity contribution in [3.05, 3.63) is 119 Å². The van der Waals surface area contributed by atoms with Crippen LogP contribution in [0.2, 0.25) is 0 Å². The Labute approximate surface area is 244 Å². The van der Waals surface area contributed by atoms with Crippen LogP contribution in [-0.4, -0.2) is 22.0 Å². The van der Waals surface area contributed by atoms with E-state index in [0.717, 1.165) is 40.1 Å². The molecule has 0 fully saturated rings. The molecule has 0 saturated heterocycles.